The third-order valence-electron chi connectivity index (χ3n) is 4.12. The van der Waals surface area contributed by atoms with Crippen LogP contribution in [0.5, 0.6) is 0 Å². The molecule has 2 rings (SSSR count). The molecule has 2 amide bonds. The maximum absolute atomic E-state index is 14.6. The minimum Gasteiger partial charge on any atom is -0.330 e. The number of hydrogen-bond donors (Lipinski definition) is 2. The highest BCUT2D eigenvalue weighted by Crippen LogP contribution is 2.27. The maximum atomic E-state index is 14.6. The van der Waals surface area contributed by atoms with Crippen molar-refractivity contribution in [3.63, 3.8) is 0 Å². The lowest BCUT2D eigenvalue weighted by molar-refractivity contribution is 0.198. The van der Waals surface area contributed by atoms with Gasteiger partial charge in [-0.1, -0.05) is 43.3 Å². The first-order chi connectivity index (χ1) is 11.5. The summed E-state index contributed by atoms with van der Waals surface area (Å²) in [4.78, 5) is 11.8. The highest BCUT2D eigenvalue weighted by atomic mass is 19.1. The number of hydrogen-bond acceptors (Lipinski definition) is 2. The lowest BCUT2D eigenvalue weighted by atomic mass is 9.96. The van der Waals surface area contributed by atoms with Crippen molar-refractivity contribution in [1.82, 2.24) is 10.3 Å². The zero-order valence-electron chi connectivity index (χ0n) is 14.3. The Bertz CT molecular complexity index is 718. The third kappa shape index (κ3) is 3.92. The number of carbonyl (C=O) groups excluding carboxylic acids is 1. The van der Waals surface area contributed by atoms with Crippen LogP contribution in [0.3, 0.4) is 0 Å². The van der Waals surface area contributed by atoms with Gasteiger partial charge in [-0.05, 0) is 43.0 Å². The molecule has 0 fully saturated rings. The zero-order valence-corrected chi connectivity index (χ0v) is 14.3. The summed E-state index contributed by atoms with van der Waals surface area (Å²) in [6.07, 6.45) is 0.884. The fourth-order valence-corrected chi connectivity index (χ4v) is 2.65. The average molecular weight is 329 g/mol. The van der Waals surface area contributed by atoms with E-state index in [0.29, 0.717) is 12.1 Å². The van der Waals surface area contributed by atoms with Crippen molar-refractivity contribution >= 4 is 6.03 Å². The number of rotatable bonds is 5. The molecule has 0 aliphatic carbocycles. The van der Waals surface area contributed by atoms with Gasteiger partial charge >= 0.3 is 6.03 Å². The predicted molar refractivity (Wildman–Crippen MR) is 94.7 cm³/mol. The fourth-order valence-electron chi connectivity index (χ4n) is 2.65. The third-order valence-corrected chi connectivity index (χ3v) is 4.12. The Labute approximate surface area is 142 Å². The lowest BCUT2D eigenvalue weighted by Crippen LogP contribution is -2.45. The van der Waals surface area contributed by atoms with Crippen LogP contribution in [0, 0.1) is 5.82 Å². The average Bonchev–Trinajstić information content (AvgIpc) is 2.60. The molecule has 2 aromatic rings. The summed E-state index contributed by atoms with van der Waals surface area (Å²) >= 11 is 0. The molecule has 1 atom stereocenters. The first-order valence-corrected chi connectivity index (χ1v) is 8.18. The quantitative estimate of drug-likeness (QED) is 0.494. The van der Waals surface area contributed by atoms with E-state index >= 15 is 0 Å². The van der Waals surface area contributed by atoms with Crippen LogP contribution in [0.15, 0.2) is 42.5 Å². The second-order valence-electron chi connectivity index (χ2n) is 5.70. The molecule has 3 N–H and O–H groups in total. The van der Waals surface area contributed by atoms with Gasteiger partial charge < -0.3 is 5.32 Å². The van der Waals surface area contributed by atoms with Crippen molar-refractivity contribution < 1.29 is 9.18 Å². The molecule has 0 saturated carbocycles. The minimum atomic E-state index is -0.467. The smallest absolute Gasteiger partial charge is 0.330 e. The first-order valence-electron chi connectivity index (χ1n) is 8.18. The largest absolute Gasteiger partial charge is 0.331 e. The van der Waals surface area contributed by atoms with E-state index in [9.17, 15) is 9.18 Å². The summed E-state index contributed by atoms with van der Waals surface area (Å²) in [7, 11) is 0. The molecule has 0 radical (unpaired) electrons. The molecule has 0 saturated heterocycles. The SMILES string of the molecule is CCc1ccccc1-c1ccc(C(C)NC(=O)N(N)CC)c(F)c1. The molecule has 0 aromatic heterocycles. The standard InChI is InChI=1S/C19H24FN3O/c1-4-14-8-6-7-9-17(14)15-10-11-16(18(20)12-15)13(3)22-19(24)23(21)5-2/h6-13H,4-5,21H2,1-3H3,(H,22,24). The Morgan fingerprint density at radius 1 is 1.25 bits per heavy atom. The number of urea groups is 1. The monoisotopic (exact) mass is 329 g/mol. The molecule has 0 spiro atoms. The highest BCUT2D eigenvalue weighted by Gasteiger charge is 2.16. The second kappa shape index (κ2) is 7.93. The van der Waals surface area contributed by atoms with Gasteiger partial charge in [-0.2, -0.15) is 0 Å². The Morgan fingerprint density at radius 2 is 1.96 bits per heavy atom. The number of hydrazine groups is 1. The molecule has 24 heavy (non-hydrogen) atoms. The molecule has 128 valence electrons. The zero-order chi connectivity index (χ0) is 17.7. The van der Waals surface area contributed by atoms with Crippen molar-refractivity contribution in [3.8, 4) is 11.1 Å². The van der Waals surface area contributed by atoms with E-state index in [1.807, 2.05) is 30.3 Å². The van der Waals surface area contributed by atoms with E-state index in [0.717, 1.165) is 22.6 Å². The van der Waals surface area contributed by atoms with Crippen LogP contribution < -0.4 is 11.2 Å². The van der Waals surface area contributed by atoms with Gasteiger partial charge in [0.1, 0.15) is 5.82 Å². The number of nitrogens with two attached hydrogens (primary N) is 1. The number of nitrogens with zero attached hydrogens (tertiary/aromatic N) is 1. The molecule has 0 heterocycles. The van der Waals surface area contributed by atoms with Crippen LogP contribution in [-0.2, 0) is 6.42 Å². The van der Waals surface area contributed by atoms with E-state index in [1.165, 1.54) is 11.6 Å². The number of amides is 2. The number of carbonyl (C=O) groups is 1. The Hall–Kier alpha value is -2.40. The number of benzene rings is 2. The van der Waals surface area contributed by atoms with E-state index < -0.39 is 12.1 Å². The maximum Gasteiger partial charge on any atom is 0.331 e. The summed E-state index contributed by atoms with van der Waals surface area (Å²) in [6, 6.07) is 12.2. The Kier molecular flexibility index (Phi) is 5.93. The topological polar surface area (TPSA) is 58.4 Å². The van der Waals surface area contributed by atoms with Gasteiger partial charge in [0.25, 0.3) is 0 Å². The summed E-state index contributed by atoms with van der Waals surface area (Å²) < 4.78 is 14.6. The molecule has 1 unspecified atom stereocenters. The summed E-state index contributed by atoms with van der Waals surface area (Å²) in [5.74, 6) is 5.20. The van der Waals surface area contributed by atoms with Crippen LogP contribution in [0.2, 0.25) is 0 Å². The van der Waals surface area contributed by atoms with Crippen LogP contribution >= 0.6 is 0 Å². The summed E-state index contributed by atoms with van der Waals surface area (Å²) in [5, 5.41) is 3.75. The van der Waals surface area contributed by atoms with Crippen molar-refractivity contribution in [2.75, 3.05) is 6.54 Å². The summed E-state index contributed by atoms with van der Waals surface area (Å²) in [5.41, 5.74) is 3.47. The molecular weight excluding hydrogens is 305 g/mol. The van der Waals surface area contributed by atoms with Gasteiger partial charge in [0.15, 0.2) is 0 Å². The number of nitrogens with one attached hydrogen (secondary N) is 1. The molecule has 0 aliphatic heterocycles. The van der Waals surface area contributed by atoms with Gasteiger partial charge in [-0.3, -0.25) is 5.01 Å². The van der Waals surface area contributed by atoms with Crippen LogP contribution in [-0.4, -0.2) is 17.6 Å². The van der Waals surface area contributed by atoms with Crippen LogP contribution in [0.1, 0.15) is 37.9 Å². The minimum absolute atomic E-state index is 0.341. The van der Waals surface area contributed by atoms with Gasteiger partial charge in [-0.25, -0.2) is 15.0 Å². The molecule has 4 nitrogen and oxygen atoms in total. The van der Waals surface area contributed by atoms with Crippen LogP contribution in [0.4, 0.5) is 9.18 Å². The molecular formula is C19H24FN3O. The highest BCUT2D eigenvalue weighted by molar-refractivity contribution is 5.74. The fraction of sp³-hybridized carbons (Fsp3) is 0.316. The second-order valence-corrected chi connectivity index (χ2v) is 5.70. The van der Waals surface area contributed by atoms with E-state index in [-0.39, 0.29) is 5.82 Å². The van der Waals surface area contributed by atoms with Crippen molar-refractivity contribution in [2.24, 2.45) is 5.84 Å². The van der Waals surface area contributed by atoms with Crippen molar-refractivity contribution in [2.45, 2.75) is 33.2 Å². The van der Waals surface area contributed by atoms with E-state index in [2.05, 4.69) is 12.2 Å². The number of aryl methyl sites for hydroxylation is 1. The summed E-state index contributed by atoms with van der Waals surface area (Å²) in [6.45, 7) is 5.96. The van der Waals surface area contributed by atoms with E-state index in [4.69, 9.17) is 5.84 Å². The van der Waals surface area contributed by atoms with Gasteiger partial charge in [0, 0.05) is 12.1 Å². The normalized spacial score (nSPS) is 11.9. The van der Waals surface area contributed by atoms with Gasteiger partial charge in [0.05, 0.1) is 6.04 Å². The van der Waals surface area contributed by atoms with Crippen molar-refractivity contribution in [1.29, 1.82) is 0 Å². The number of halogens is 1. The Morgan fingerprint density at radius 3 is 2.58 bits per heavy atom. The molecule has 2 aromatic carbocycles. The van der Waals surface area contributed by atoms with Gasteiger partial charge in [-0.15, -0.1) is 0 Å². The van der Waals surface area contributed by atoms with Gasteiger partial charge in [0.2, 0.25) is 0 Å². The lowest BCUT2D eigenvalue weighted by Gasteiger charge is -2.20. The molecule has 0 bridgehead atoms. The first kappa shape index (κ1) is 17.9. The van der Waals surface area contributed by atoms with Crippen molar-refractivity contribution in [3.05, 3.63) is 59.4 Å². The Balaban J connectivity index is 2.25. The van der Waals surface area contributed by atoms with E-state index in [1.54, 1.807) is 19.9 Å². The van der Waals surface area contributed by atoms with Crippen LogP contribution in [0.25, 0.3) is 11.1 Å². The predicted octanol–water partition coefficient (Wildman–Crippen LogP) is 4.02. The molecule has 5 heteroatoms. The molecule has 0 aliphatic rings.